The molecule has 0 aromatic heterocycles. The molecule has 0 aliphatic heterocycles. The average molecular weight is 215 g/mol. The molecule has 1 amide bonds. The SMILES string of the molecule is CC(=O)N(C)CCCOCCCC(C)C. The molecule has 0 aliphatic carbocycles. The van der Waals surface area contributed by atoms with E-state index in [1.807, 2.05) is 7.05 Å². The summed E-state index contributed by atoms with van der Waals surface area (Å²) in [6, 6.07) is 0. The monoisotopic (exact) mass is 215 g/mol. The number of nitrogens with zero attached hydrogens (tertiary/aromatic N) is 1. The Morgan fingerprint density at radius 2 is 1.87 bits per heavy atom. The van der Waals surface area contributed by atoms with Crippen LogP contribution in [0.1, 0.15) is 40.0 Å². The van der Waals surface area contributed by atoms with Gasteiger partial charge in [0.2, 0.25) is 5.91 Å². The minimum absolute atomic E-state index is 0.120. The molecule has 0 radical (unpaired) electrons. The van der Waals surface area contributed by atoms with Crippen molar-refractivity contribution in [1.82, 2.24) is 4.90 Å². The number of carbonyl (C=O) groups is 1. The third kappa shape index (κ3) is 9.73. The summed E-state index contributed by atoms with van der Waals surface area (Å²) < 4.78 is 5.48. The maximum Gasteiger partial charge on any atom is 0.219 e. The van der Waals surface area contributed by atoms with Crippen LogP contribution in [-0.2, 0) is 9.53 Å². The van der Waals surface area contributed by atoms with Gasteiger partial charge in [0.25, 0.3) is 0 Å². The lowest BCUT2D eigenvalue weighted by Crippen LogP contribution is -2.25. The molecule has 0 aromatic carbocycles. The van der Waals surface area contributed by atoms with Crippen LogP contribution in [0.4, 0.5) is 0 Å². The molecule has 0 atom stereocenters. The van der Waals surface area contributed by atoms with Gasteiger partial charge in [-0.15, -0.1) is 0 Å². The van der Waals surface area contributed by atoms with E-state index < -0.39 is 0 Å². The minimum Gasteiger partial charge on any atom is -0.381 e. The first-order chi connectivity index (χ1) is 7.04. The summed E-state index contributed by atoms with van der Waals surface area (Å²) >= 11 is 0. The molecular formula is C12H25NO2. The normalized spacial score (nSPS) is 10.7. The number of hydrogen-bond donors (Lipinski definition) is 0. The van der Waals surface area contributed by atoms with E-state index in [1.165, 1.54) is 6.42 Å². The Hall–Kier alpha value is -0.570. The van der Waals surface area contributed by atoms with Gasteiger partial charge in [-0.05, 0) is 25.2 Å². The third-order valence-corrected chi connectivity index (χ3v) is 2.39. The zero-order chi connectivity index (χ0) is 11.7. The second kappa shape index (κ2) is 8.72. The Labute approximate surface area is 93.8 Å². The Morgan fingerprint density at radius 1 is 1.27 bits per heavy atom. The third-order valence-electron chi connectivity index (χ3n) is 2.39. The van der Waals surface area contributed by atoms with Crippen molar-refractivity contribution in [2.45, 2.75) is 40.0 Å². The summed E-state index contributed by atoms with van der Waals surface area (Å²) in [7, 11) is 1.82. The van der Waals surface area contributed by atoms with Crippen LogP contribution in [0.2, 0.25) is 0 Å². The fraction of sp³-hybridized carbons (Fsp3) is 0.917. The Morgan fingerprint density at radius 3 is 2.40 bits per heavy atom. The van der Waals surface area contributed by atoms with Crippen molar-refractivity contribution < 1.29 is 9.53 Å². The largest absolute Gasteiger partial charge is 0.381 e. The van der Waals surface area contributed by atoms with Crippen molar-refractivity contribution in [1.29, 1.82) is 0 Å². The average Bonchev–Trinajstić information content (AvgIpc) is 2.15. The van der Waals surface area contributed by atoms with Crippen molar-refractivity contribution in [3.8, 4) is 0 Å². The van der Waals surface area contributed by atoms with E-state index in [1.54, 1.807) is 11.8 Å². The molecule has 0 bridgehead atoms. The lowest BCUT2D eigenvalue weighted by Gasteiger charge is -2.14. The predicted molar refractivity (Wildman–Crippen MR) is 62.8 cm³/mol. The summed E-state index contributed by atoms with van der Waals surface area (Å²) in [5, 5.41) is 0. The number of carbonyl (C=O) groups excluding carboxylic acids is 1. The fourth-order valence-electron chi connectivity index (χ4n) is 1.26. The van der Waals surface area contributed by atoms with E-state index >= 15 is 0 Å². The molecule has 0 saturated carbocycles. The van der Waals surface area contributed by atoms with Gasteiger partial charge in [0, 0.05) is 33.7 Å². The van der Waals surface area contributed by atoms with Gasteiger partial charge in [0.1, 0.15) is 0 Å². The lowest BCUT2D eigenvalue weighted by atomic mass is 10.1. The molecule has 0 fully saturated rings. The van der Waals surface area contributed by atoms with Crippen LogP contribution in [-0.4, -0.2) is 37.6 Å². The van der Waals surface area contributed by atoms with Crippen LogP contribution < -0.4 is 0 Å². The van der Waals surface area contributed by atoms with Crippen LogP contribution >= 0.6 is 0 Å². The molecule has 0 saturated heterocycles. The first-order valence-corrected chi connectivity index (χ1v) is 5.83. The second-order valence-corrected chi connectivity index (χ2v) is 4.44. The van der Waals surface area contributed by atoms with Gasteiger partial charge in [0.05, 0.1) is 0 Å². The van der Waals surface area contributed by atoms with Crippen molar-refractivity contribution >= 4 is 5.91 Å². The summed E-state index contributed by atoms with van der Waals surface area (Å²) in [6.45, 7) is 8.43. The van der Waals surface area contributed by atoms with E-state index in [2.05, 4.69) is 13.8 Å². The number of ether oxygens (including phenoxy) is 1. The number of rotatable bonds is 8. The van der Waals surface area contributed by atoms with E-state index in [0.29, 0.717) is 0 Å². The standard InChI is InChI=1S/C12H25NO2/c1-11(2)7-5-9-15-10-6-8-13(4)12(3)14/h11H,5-10H2,1-4H3. The van der Waals surface area contributed by atoms with Gasteiger partial charge in [-0.2, -0.15) is 0 Å². The Balaban J connectivity index is 3.15. The molecule has 0 spiro atoms. The maximum atomic E-state index is 10.9. The first-order valence-electron chi connectivity index (χ1n) is 5.83. The minimum atomic E-state index is 0.120. The quantitative estimate of drug-likeness (QED) is 0.581. The highest BCUT2D eigenvalue weighted by Gasteiger charge is 2.00. The van der Waals surface area contributed by atoms with E-state index in [9.17, 15) is 4.79 Å². The van der Waals surface area contributed by atoms with Gasteiger partial charge in [0.15, 0.2) is 0 Å². The van der Waals surface area contributed by atoms with Crippen LogP contribution in [0.3, 0.4) is 0 Å². The van der Waals surface area contributed by atoms with Crippen LogP contribution in [0, 0.1) is 5.92 Å². The van der Waals surface area contributed by atoms with E-state index in [-0.39, 0.29) is 5.91 Å². The smallest absolute Gasteiger partial charge is 0.219 e. The van der Waals surface area contributed by atoms with E-state index in [0.717, 1.165) is 38.5 Å². The zero-order valence-corrected chi connectivity index (χ0v) is 10.6. The van der Waals surface area contributed by atoms with E-state index in [4.69, 9.17) is 4.74 Å². The van der Waals surface area contributed by atoms with Crippen molar-refractivity contribution in [2.75, 3.05) is 26.8 Å². The molecular weight excluding hydrogens is 190 g/mol. The Kier molecular flexibility index (Phi) is 8.38. The Bertz CT molecular complexity index is 169. The van der Waals surface area contributed by atoms with Gasteiger partial charge < -0.3 is 9.64 Å². The molecule has 0 heterocycles. The molecule has 0 unspecified atom stereocenters. The summed E-state index contributed by atoms with van der Waals surface area (Å²) in [4.78, 5) is 12.6. The van der Waals surface area contributed by atoms with Gasteiger partial charge in [-0.25, -0.2) is 0 Å². The van der Waals surface area contributed by atoms with Crippen molar-refractivity contribution in [3.05, 3.63) is 0 Å². The van der Waals surface area contributed by atoms with Crippen LogP contribution in [0.5, 0.6) is 0 Å². The molecule has 0 N–H and O–H groups in total. The van der Waals surface area contributed by atoms with Crippen molar-refractivity contribution in [3.63, 3.8) is 0 Å². The van der Waals surface area contributed by atoms with Gasteiger partial charge >= 0.3 is 0 Å². The molecule has 15 heavy (non-hydrogen) atoms. The summed E-state index contributed by atoms with van der Waals surface area (Å²) in [6.07, 6.45) is 3.30. The number of amides is 1. The molecule has 0 rings (SSSR count). The molecule has 0 aliphatic rings. The second-order valence-electron chi connectivity index (χ2n) is 4.44. The van der Waals surface area contributed by atoms with Gasteiger partial charge in [-0.1, -0.05) is 13.8 Å². The predicted octanol–water partition coefficient (Wildman–Crippen LogP) is 2.31. The van der Waals surface area contributed by atoms with Crippen molar-refractivity contribution in [2.24, 2.45) is 5.92 Å². The molecule has 3 heteroatoms. The highest BCUT2D eigenvalue weighted by molar-refractivity contribution is 5.72. The first kappa shape index (κ1) is 14.4. The highest BCUT2D eigenvalue weighted by Crippen LogP contribution is 2.03. The lowest BCUT2D eigenvalue weighted by molar-refractivity contribution is -0.127. The number of hydrogen-bond acceptors (Lipinski definition) is 2. The molecule has 90 valence electrons. The highest BCUT2D eigenvalue weighted by atomic mass is 16.5. The van der Waals surface area contributed by atoms with Gasteiger partial charge in [-0.3, -0.25) is 4.79 Å². The maximum absolute atomic E-state index is 10.9. The summed E-state index contributed by atoms with van der Waals surface area (Å²) in [5.74, 6) is 0.882. The van der Waals surface area contributed by atoms with Crippen LogP contribution in [0.25, 0.3) is 0 Å². The molecule has 3 nitrogen and oxygen atoms in total. The fourth-order valence-corrected chi connectivity index (χ4v) is 1.26. The zero-order valence-electron chi connectivity index (χ0n) is 10.6. The topological polar surface area (TPSA) is 29.5 Å². The summed E-state index contributed by atoms with van der Waals surface area (Å²) in [5.41, 5.74) is 0. The molecule has 0 aromatic rings. The van der Waals surface area contributed by atoms with Crippen LogP contribution in [0.15, 0.2) is 0 Å².